The van der Waals surface area contributed by atoms with Gasteiger partial charge in [0.15, 0.2) is 5.75 Å². The van der Waals surface area contributed by atoms with Gasteiger partial charge in [-0.2, -0.15) is 0 Å². The van der Waals surface area contributed by atoms with Crippen molar-refractivity contribution in [2.45, 2.75) is 12.3 Å². The number of carbonyl (C=O) groups excluding carboxylic acids is 1. The van der Waals surface area contributed by atoms with Gasteiger partial charge in [-0.25, -0.2) is 4.79 Å². The molecule has 2 heterocycles. The highest BCUT2D eigenvalue weighted by Crippen LogP contribution is 2.42. The molecule has 126 valence electrons. The maximum atomic E-state index is 12.7. The van der Waals surface area contributed by atoms with Gasteiger partial charge in [0.25, 0.3) is 0 Å². The molecule has 0 spiro atoms. The molecule has 0 unspecified atom stereocenters. The van der Waals surface area contributed by atoms with Crippen molar-refractivity contribution < 1.29 is 13.9 Å². The molecule has 1 aromatic heterocycles. The number of benzene rings is 3. The van der Waals surface area contributed by atoms with Crippen molar-refractivity contribution in [1.29, 1.82) is 0 Å². The summed E-state index contributed by atoms with van der Waals surface area (Å²) >= 11 is 0. The predicted molar refractivity (Wildman–Crippen MR) is 98.5 cm³/mol. The molecule has 4 heteroatoms. The van der Waals surface area contributed by atoms with Crippen LogP contribution in [0, 0.1) is 0 Å². The first-order chi connectivity index (χ1) is 12.7. The predicted octanol–water partition coefficient (Wildman–Crippen LogP) is 4.39. The second-order valence-corrected chi connectivity index (χ2v) is 6.43. The van der Waals surface area contributed by atoms with Crippen molar-refractivity contribution in [2.24, 2.45) is 0 Å². The summed E-state index contributed by atoms with van der Waals surface area (Å²) in [5.41, 5.74) is 1.31. The third kappa shape index (κ3) is 2.15. The van der Waals surface area contributed by atoms with Crippen molar-refractivity contribution in [3.05, 3.63) is 88.3 Å². The van der Waals surface area contributed by atoms with Crippen molar-refractivity contribution in [3.8, 4) is 5.75 Å². The molecule has 3 aromatic carbocycles. The van der Waals surface area contributed by atoms with Crippen LogP contribution in [0.5, 0.6) is 5.75 Å². The van der Waals surface area contributed by atoms with Crippen LogP contribution in [0.3, 0.4) is 0 Å². The smallest absolute Gasteiger partial charge is 0.343 e. The first-order valence-electron chi connectivity index (χ1n) is 8.46. The van der Waals surface area contributed by atoms with Gasteiger partial charge in [-0.15, -0.1) is 0 Å². The largest absolute Gasteiger partial charge is 0.425 e. The summed E-state index contributed by atoms with van der Waals surface area (Å²) in [6.45, 7) is 0. The number of rotatable bonds is 1. The van der Waals surface area contributed by atoms with E-state index in [0.29, 0.717) is 22.3 Å². The van der Waals surface area contributed by atoms with Gasteiger partial charge in [0, 0.05) is 5.92 Å². The second-order valence-electron chi connectivity index (χ2n) is 6.43. The molecule has 1 aliphatic heterocycles. The molecule has 0 aliphatic carbocycles. The van der Waals surface area contributed by atoms with Crippen LogP contribution in [0.2, 0.25) is 0 Å². The minimum Gasteiger partial charge on any atom is -0.425 e. The average molecular weight is 342 g/mol. The lowest BCUT2D eigenvalue weighted by molar-refractivity contribution is -0.135. The van der Waals surface area contributed by atoms with Gasteiger partial charge >= 0.3 is 11.6 Å². The fraction of sp³-hybridized carbons (Fsp3) is 0.0909. The molecule has 0 saturated carbocycles. The molecule has 1 atom stereocenters. The number of ether oxygens (including phenoxy) is 1. The molecule has 0 fully saturated rings. The molecule has 0 saturated heterocycles. The van der Waals surface area contributed by atoms with E-state index in [2.05, 4.69) is 0 Å². The number of fused-ring (bicyclic) bond motifs is 4. The first-order valence-corrected chi connectivity index (χ1v) is 8.46. The van der Waals surface area contributed by atoms with Gasteiger partial charge in [-0.3, -0.25) is 4.79 Å². The van der Waals surface area contributed by atoms with Crippen LogP contribution in [-0.4, -0.2) is 5.97 Å². The molecule has 5 rings (SSSR count). The zero-order valence-corrected chi connectivity index (χ0v) is 13.8. The number of hydrogen-bond donors (Lipinski definition) is 0. The highest BCUT2D eigenvalue weighted by Gasteiger charge is 2.34. The summed E-state index contributed by atoms with van der Waals surface area (Å²) < 4.78 is 11.0. The van der Waals surface area contributed by atoms with E-state index in [-0.39, 0.29) is 12.4 Å². The maximum Gasteiger partial charge on any atom is 0.343 e. The Morgan fingerprint density at radius 2 is 1.54 bits per heavy atom. The summed E-state index contributed by atoms with van der Waals surface area (Å²) in [5.74, 6) is -0.407. The lowest BCUT2D eigenvalue weighted by atomic mass is 9.84. The van der Waals surface area contributed by atoms with E-state index < -0.39 is 11.5 Å². The molecule has 4 nitrogen and oxygen atoms in total. The standard InChI is InChI=1S/C22H14O4/c23-19-12-17(15-10-5-7-13-6-1-2-8-14(13)15)20-21(26-19)16-9-3-4-11-18(16)25-22(20)24/h1-11,17H,12H2/t17-/m0/s1. The second kappa shape index (κ2) is 5.56. The fourth-order valence-electron chi connectivity index (χ4n) is 3.79. The lowest BCUT2D eigenvalue weighted by Crippen LogP contribution is -2.26. The van der Waals surface area contributed by atoms with E-state index in [1.807, 2.05) is 48.5 Å². The monoisotopic (exact) mass is 342 g/mol. The number of carbonyl (C=O) groups is 1. The van der Waals surface area contributed by atoms with Crippen LogP contribution in [0.4, 0.5) is 0 Å². The molecular weight excluding hydrogens is 328 g/mol. The fourth-order valence-corrected chi connectivity index (χ4v) is 3.79. The Morgan fingerprint density at radius 3 is 2.42 bits per heavy atom. The molecule has 1 aliphatic rings. The van der Waals surface area contributed by atoms with Crippen LogP contribution in [-0.2, 0) is 4.79 Å². The Morgan fingerprint density at radius 1 is 0.808 bits per heavy atom. The van der Waals surface area contributed by atoms with Crippen molar-refractivity contribution in [3.63, 3.8) is 0 Å². The molecule has 0 N–H and O–H groups in total. The van der Waals surface area contributed by atoms with Gasteiger partial charge in [-0.05, 0) is 28.5 Å². The summed E-state index contributed by atoms with van der Waals surface area (Å²) in [4.78, 5) is 25.1. The molecule has 0 amide bonds. The van der Waals surface area contributed by atoms with E-state index in [4.69, 9.17) is 9.15 Å². The van der Waals surface area contributed by atoms with Crippen molar-refractivity contribution >= 4 is 27.7 Å². The van der Waals surface area contributed by atoms with Crippen LogP contribution in [0.1, 0.15) is 23.5 Å². The van der Waals surface area contributed by atoms with Crippen LogP contribution >= 0.6 is 0 Å². The van der Waals surface area contributed by atoms with E-state index in [1.54, 1.807) is 18.2 Å². The Hall–Kier alpha value is -3.40. The number of hydrogen-bond acceptors (Lipinski definition) is 4. The Labute approximate surface area is 148 Å². The average Bonchev–Trinajstić information content (AvgIpc) is 2.67. The van der Waals surface area contributed by atoms with Crippen LogP contribution < -0.4 is 10.4 Å². The number of esters is 1. The summed E-state index contributed by atoms with van der Waals surface area (Å²) in [7, 11) is 0. The summed E-state index contributed by atoms with van der Waals surface area (Å²) in [6.07, 6.45) is 0.115. The summed E-state index contributed by atoms with van der Waals surface area (Å²) in [6, 6.07) is 21.0. The SMILES string of the molecule is O=C1C[C@@H](c2cccc3ccccc23)c2c(c3ccccc3oc2=O)O1. The molecule has 0 bridgehead atoms. The minimum absolute atomic E-state index is 0.115. The van der Waals surface area contributed by atoms with E-state index in [9.17, 15) is 9.59 Å². The normalized spacial score (nSPS) is 16.5. The van der Waals surface area contributed by atoms with Gasteiger partial charge in [0.05, 0.1) is 17.4 Å². The third-order valence-corrected chi connectivity index (χ3v) is 4.93. The molecular formula is C22H14O4. The zero-order chi connectivity index (χ0) is 17.7. The van der Waals surface area contributed by atoms with Gasteiger partial charge < -0.3 is 9.15 Å². The first kappa shape index (κ1) is 14.9. The van der Waals surface area contributed by atoms with E-state index in [0.717, 1.165) is 16.3 Å². The zero-order valence-electron chi connectivity index (χ0n) is 13.8. The summed E-state index contributed by atoms with van der Waals surface area (Å²) in [5, 5.41) is 2.73. The van der Waals surface area contributed by atoms with Gasteiger partial charge in [0.2, 0.25) is 0 Å². The maximum absolute atomic E-state index is 12.7. The topological polar surface area (TPSA) is 56.5 Å². The van der Waals surface area contributed by atoms with Gasteiger partial charge in [-0.1, -0.05) is 54.6 Å². The Bertz CT molecular complexity index is 1230. The van der Waals surface area contributed by atoms with E-state index >= 15 is 0 Å². The highest BCUT2D eigenvalue weighted by atomic mass is 16.5. The van der Waals surface area contributed by atoms with Crippen molar-refractivity contribution in [2.75, 3.05) is 0 Å². The van der Waals surface area contributed by atoms with E-state index in [1.165, 1.54) is 0 Å². The lowest BCUT2D eigenvalue weighted by Gasteiger charge is -2.25. The van der Waals surface area contributed by atoms with Gasteiger partial charge in [0.1, 0.15) is 5.58 Å². The highest BCUT2D eigenvalue weighted by molar-refractivity contribution is 5.92. The van der Waals surface area contributed by atoms with Crippen LogP contribution in [0.15, 0.2) is 75.9 Å². The van der Waals surface area contributed by atoms with Crippen molar-refractivity contribution in [1.82, 2.24) is 0 Å². The molecule has 26 heavy (non-hydrogen) atoms. The Balaban J connectivity index is 1.85. The molecule has 0 radical (unpaired) electrons. The number of para-hydroxylation sites is 1. The third-order valence-electron chi connectivity index (χ3n) is 4.93. The quantitative estimate of drug-likeness (QED) is 0.380. The Kier molecular flexibility index (Phi) is 3.19. The minimum atomic E-state index is -0.455. The molecule has 4 aromatic rings. The van der Waals surface area contributed by atoms with Crippen LogP contribution in [0.25, 0.3) is 21.7 Å².